The molecule has 3 aromatic rings. The molecule has 0 spiro atoms. The summed E-state index contributed by atoms with van der Waals surface area (Å²) in [7, 11) is -2.18. The number of amides is 2. The summed E-state index contributed by atoms with van der Waals surface area (Å²) < 4.78 is 41.6. The molecule has 0 atom stereocenters. The van der Waals surface area contributed by atoms with E-state index < -0.39 is 21.7 Å². The van der Waals surface area contributed by atoms with Crippen LogP contribution >= 0.6 is 11.6 Å². The SMILES string of the molecule is CN1CCC(N2CCN(C(=O)CNC(=O)c3ccc(S(=O)(=O)N(Oc4ccc(F)cc4Cl)c4ccccc4)cc3)CC2)CC1. The number of sulfonamides is 1. The molecule has 2 amide bonds. The van der Waals surface area contributed by atoms with Gasteiger partial charge in [-0.3, -0.25) is 14.5 Å². The van der Waals surface area contributed by atoms with Gasteiger partial charge in [0.2, 0.25) is 5.91 Å². The predicted octanol–water partition coefficient (Wildman–Crippen LogP) is 3.64. The first-order chi connectivity index (χ1) is 21.1. The van der Waals surface area contributed by atoms with E-state index in [1.165, 1.54) is 42.5 Å². The lowest BCUT2D eigenvalue weighted by molar-refractivity contribution is -0.132. The Morgan fingerprint density at radius 3 is 2.25 bits per heavy atom. The van der Waals surface area contributed by atoms with E-state index in [2.05, 4.69) is 22.2 Å². The van der Waals surface area contributed by atoms with Crippen molar-refractivity contribution in [3.63, 3.8) is 0 Å². The number of piperazine rings is 1. The normalized spacial score (nSPS) is 16.8. The van der Waals surface area contributed by atoms with Crippen LogP contribution in [0.1, 0.15) is 23.2 Å². The minimum Gasteiger partial charge on any atom is -0.363 e. The van der Waals surface area contributed by atoms with Crippen molar-refractivity contribution in [2.24, 2.45) is 0 Å². The molecule has 0 bridgehead atoms. The minimum absolute atomic E-state index is 0.0654. The van der Waals surface area contributed by atoms with Gasteiger partial charge in [-0.1, -0.05) is 34.3 Å². The molecule has 1 N–H and O–H groups in total. The second-order valence-electron chi connectivity index (χ2n) is 10.9. The first-order valence-electron chi connectivity index (χ1n) is 14.4. The van der Waals surface area contributed by atoms with Crippen LogP contribution in [0.3, 0.4) is 0 Å². The molecule has 0 radical (unpaired) electrons. The van der Waals surface area contributed by atoms with E-state index in [1.54, 1.807) is 23.1 Å². The number of rotatable bonds is 9. The summed E-state index contributed by atoms with van der Waals surface area (Å²) in [5.41, 5.74) is 0.373. The van der Waals surface area contributed by atoms with Gasteiger partial charge in [-0.2, -0.15) is 8.42 Å². The molecule has 13 heteroatoms. The highest BCUT2D eigenvalue weighted by Gasteiger charge is 2.30. The maximum atomic E-state index is 13.7. The van der Waals surface area contributed by atoms with Crippen LogP contribution in [0.2, 0.25) is 5.02 Å². The second-order valence-corrected chi connectivity index (χ2v) is 13.1. The highest BCUT2D eigenvalue weighted by molar-refractivity contribution is 7.92. The number of piperidine rings is 1. The van der Waals surface area contributed by atoms with E-state index >= 15 is 0 Å². The van der Waals surface area contributed by atoms with Gasteiger partial charge in [0.15, 0.2) is 5.75 Å². The Bertz CT molecular complexity index is 1560. The summed E-state index contributed by atoms with van der Waals surface area (Å²) in [5, 5.41) is 2.54. The Morgan fingerprint density at radius 2 is 1.61 bits per heavy atom. The Balaban J connectivity index is 1.19. The topological polar surface area (TPSA) is 102 Å². The van der Waals surface area contributed by atoms with Crippen LogP contribution < -0.4 is 14.6 Å². The first kappa shape index (κ1) is 31.7. The Morgan fingerprint density at radius 1 is 0.955 bits per heavy atom. The number of anilines is 1. The molecule has 5 rings (SSSR count). The maximum Gasteiger partial charge on any atom is 0.295 e. The molecule has 2 heterocycles. The van der Waals surface area contributed by atoms with Crippen LogP contribution in [-0.2, 0) is 14.8 Å². The van der Waals surface area contributed by atoms with Gasteiger partial charge in [0.1, 0.15) is 5.82 Å². The molecule has 0 aromatic heterocycles. The fraction of sp³-hybridized carbons (Fsp3) is 0.355. The third kappa shape index (κ3) is 7.49. The second kappa shape index (κ2) is 13.9. The molecule has 2 fully saturated rings. The lowest BCUT2D eigenvalue weighted by atomic mass is 10.0. The average Bonchev–Trinajstić information content (AvgIpc) is 3.04. The zero-order valence-corrected chi connectivity index (χ0v) is 25.9. The number of likely N-dealkylation sites (tertiary alicyclic amines) is 1. The van der Waals surface area contributed by atoms with Gasteiger partial charge >= 0.3 is 0 Å². The number of nitrogens with zero attached hydrogens (tertiary/aromatic N) is 4. The quantitative estimate of drug-likeness (QED) is 0.355. The number of hydrogen-bond donors (Lipinski definition) is 1. The van der Waals surface area contributed by atoms with Crippen molar-refractivity contribution in [3.05, 3.63) is 89.2 Å². The molecular formula is C31H35ClFN5O5S. The zero-order chi connectivity index (χ0) is 31.3. The molecule has 234 valence electrons. The van der Waals surface area contributed by atoms with E-state index in [-0.39, 0.29) is 39.4 Å². The fourth-order valence-corrected chi connectivity index (χ4v) is 6.82. The molecule has 0 saturated carbocycles. The number of carbonyl (C=O) groups is 2. The van der Waals surface area contributed by atoms with Gasteiger partial charge < -0.3 is 20.0 Å². The van der Waals surface area contributed by atoms with Gasteiger partial charge in [-0.15, -0.1) is 0 Å². The van der Waals surface area contributed by atoms with Crippen LogP contribution in [-0.4, -0.2) is 93.8 Å². The van der Waals surface area contributed by atoms with Gasteiger partial charge in [-0.25, -0.2) is 4.39 Å². The van der Waals surface area contributed by atoms with E-state index in [0.717, 1.165) is 51.2 Å². The van der Waals surface area contributed by atoms with E-state index in [0.29, 0.717) is 23.6 Å². The first-order valence-corrected chi connectivity index (χ1v) is 16.3. The molecule has 2 aliphatic rings. The smallest absolute Gasteiger partial charge is 0.295 e. The largest absolute Gasteiger partial charge is 0.363 e. The van der Waals surface area contributed by atoms with Gasteiger partial charge in [0.05, 0.1) is 22.2 Å². The number of nitrogens with one attached hydrogen (secondary N) is 1. The number of benzene rings is 3. The van der Waals surface area contributed by atoms with E-state index in [4.69, 9.17) is 16.4 Å². The number of halogens is 2. The molecule has 0 unspecified atom stereocenters. The Labute approximate surface area is 261 Å². The third-order valence-corrected chi connectivity index (χ3v) is 9.83. The number of hydrogen-bond acceptors (Lipinski definition) is 7. The van der Waals surface area contributed by atoms with Crippen molar-refractivity contribution in [3.8, 4) is 5.75 Å². The van der Waals surface area contributed by atoms with Gasteiger partial charge in [-0.05, 0) is 87.6 Å². The number of para-hydroxylation sites is 1. The van der Waals surface area contributed by atoms with Crippen molar-refractivity contribution in [1.82, 2.24) is 20.0 Å². The van der Waals surface area contributed by atoms with Crippen molar-refractivity contribution < 1.29 is 27.2 Å². The summed E-state index contributed by atoms with van der Waals surface area (Å²) in [6.45, 7) is 4.91. The highest BCUT2D eigenvalue weighted by Crippen LogP contribution is 2.31. The fourth-order valence-electron chi connectivity index (χ4n) is 5.37. The van der Waals surface area contributed by atoms with Crippen molar-refractivity contribution in [1.29, 1.82) is 0 Å². The lowest BCUT2D eigenvalue weighted by Gasteiger charge is -2.42. The number of carbonyl (C=O) groups excluding carboxylic acids is 2. The molecule has 44 heavy (non-hydrogen) atoms. The molecule has 0 aliphatic carbocycles. The summed E-state index contributed by atoms with van der Waals surface area (Å²) in [6.07, 6.45) is 2.28. The van der Waals surface area contributed by atoms with Crippen molar-refractivity contribution in [2.75, 3.05) is 57.3 Å². The highest BCUT2D eigenvalue weighted by atomic mass is 35.5. The van der Waals surface area contributed by atoms with Gasteiger partial charge in [0, 0.05) is 37.8 Å². The molecule has 10 nitrogen and oxygen atoms in total. The molecular weight excluding hydrogens is 609 g/mol. The Kier molecular flexibility index (Phi) is 10.0. The zero-order valence-electron chi connectivity index (χ0n) is 24.4. The maximum absolute atomic E-state index is 13.7. The van der Waals surface area contributed by atoms with Crippen LogP contribution in [0.5, 0.6) is 5.75 Å². The minimum atomic E-state index is -4.32. The summed E-state index contributed by atoms with van der Waals surface area (Å²) >= 11 is 6.10. The average molecular weight is 644 g/mol. The van der Waals surface area contributed by atoms with Crippen LogP contribution in [0.25, 0.3) is 0 Å². The van der Waals surface area contributed by atoms with Crippen LogP contribution in [0, 0.1) is 5.82 Å². The third-order valence-electron chi connectivity index (χ3n) is 7.95. The van der Waals surface area contributed by atoms with Crippen LogP contribution in [0.15, 0.2) is 77.7 Å². The molecule has 2 saturated heterocycles. The van der Waals surface area contributed by atoms with Crippen molar-refractivity contribution in [2.45, 2.75) is 23.8 Å². The summed E-state index contributed by atoms with van der Waals surface area (Å²) in [5.74, 6) is -1.32. The monoisotopic (exact) mass is 643 g/mol. The van der Waals surface area contributed by atoms with Crippen molar-refractivity contribution >= 4 is 39.1 Å². The summed E-state index contributed by atoms with van der Waals surface area (Å²) in [4.78, 5) is 37.7. The van der Waals surface area contributed by atoms with E-state index in [9.17, 15) is 22.4 Å². The lowest BCUT2D eigenvalue weighted by Crippen LogP contribution is -2.55. The molecule has 2 aliphatic heterocycles. The van der Waals surface area contributed by atoms with E-state index in [1.807, 2.05) is 0 Å². The molecule has 3 aromatic carbocycles. The van der Waals surface area contributed by atoms with Crippen LogP contribution in [0.4, 0.5) is 10.1 Å². The standard InChI is InChI=1S/C31H35ClFN5O5S/c1-35-15-13-25(14-16-35)36-17-19-37(20-18-36)30(39)22-34-31(40)23-7-10-27(11-8-23)44(41,42)38(26-5-3-2-4-6-26)43-29-12-9-24(33)21-28(29)32/h2-12,21,25H,13-20,22H2,1H3,(H,34,40). The Hall–Kier alpha value is -3.71. The summed E-state index contributed by atoms with van der Waals surface area (Å²) in [6, 6.07) is 17.2. The van der Waals surface area contributed by atoms with Gasteiger partial charge in [0.25, 0.3) is 15.9 Å². The predicted molar refractivity (Wildman–Crippen MR) is 166 cm³/mol.